The molecule has 0 atom stereocenters. The molecule has 0 radical (unpaired) electrons. The van der Waals surface area contributed by atoms with E-state index in [9.17, 15) is 13.2 Å². The van der Waals surface area contributed by atoms with Crippen LogP contribution in [-0.2, 0) is 6.18 Å². The molecular formula is C16H27F3IN5S. The molecule has 1 heterocycles. The van der Waals surface area contributed by atoms with E-state index in [4.69, 9.17) is 0 Å². The predicted molar refractivity (Wildman–Crippen MR) is 115 cm³/mol. The minimum absolute atomic E-state index is 0. The molecule has 1 rings (SSSR count). The van der Waals surface area contributed by atoms with Crippen molar-refractivity contribution in [1.82, 2.24) is 15.6 Å². The number of aliphatic imine (C=N–C) groups is 1. The molecule has 0 amide bonds. The Balaban J connectivity index is 0.00000625. The second-order valence-corrected chi connectivity index (χ2v) is 6.20. The van der Waals surface area contributed by atoms with Gasteiger partial charge in [0, 0.05) is 32.4 Å². The van der Waals surface area contributed by atoms with Crippen LogP contribution in [0.5, 0.6) is 0 Å². The van der Waals surface area contributed by atoms with E-state index in [-0.39, 0.29) is 29.8 Å². The van der Waals surface area contributed by atoms with Crippen molar-refractivity contribution in [1.29, 1.82) is 0 Å². The molecule has 3 N–H and O–H groups in total. The Bertz CT molecular complexity index is 529. The van der Waals surface area contributed by atoms with Crippen molar-refractivity contribution in [3.63, 3.8) is 0 Å². The predicted octanol–water partition coefficient (Wildman–Crippen LogP) is 3.83. The first kappa shape index (κ1) is 25.1. The fourth-order valence-corrected chi connectivity index (χ4v) is 2.52. The third-order valence-electron chi connectivity index (χ3n) is 3.19. The summed E-state index contributed by atoms with van der Waals surface area (Å²) in [5.41, 5.74) is -0.760. The molecule has 26 heavy (non-hydrogen) atoms. The van der Waals surface area contributed by atoms with Crippen LogP contribution in [0.3, 0.4) is 0 Å². The summed E-state index contributed by atoms with van der Waals surface area (Å²) in [5.74, 6) is 1.64. The largest absolute Gasteiger partial charge is 0.419 e. The van der Waals surface area contributed by atoms with Gasteiger partial charge >= 0.3 is 6.18 Å². The number of nitrogens with one attached hydrogen (secondary N) is 3. The molecule has 0 bridgehead atoms. The number of hydrogen-bond donors (Lipinski definition) is 3. The minimum Gasteiger partial charge on any atom is -0.368 e. The Morgan fingerprint density at radius 1 is 1.23 bits per heavy atom. The first-order valence-electron chi connectivity index (χ1n) is 8.26. The molecule has 0 saturated heterocycles. The van der Waals surface area contributed by atoms with Gasteiger partial charge in [0.1, 0.15) is 5.82 Å². The number of unbranched alkanes of at least 4 members (excludes halogenated alkanes) is 1. The summed E-state index contributed by atoms with van der Waals surface area (Å²) in [6.45, 7) is 4.15. The molecule has 1 aromatic rings. The van der Waals surface area contributed by atoms with E-state index in [0.29, 0.717) is 19.0 Å². The summed E-state index contributed by atoms with van der Waals surface area (Å²) in [5, 5.41) is 8.94. The van der Waals surface area contributed by atoms with Gasteiger partial charge in [0.2, 0.25) is 0 Å². The number of thioether (sulfide) groups is 1. The van der Waals surface area contributed by atoms with Gasteiger partial charge in [-0.25, -0.2) is 4.98 Å². The number of anilines is 1. The summed E-state index contributed by atoms with van der Waals surface area (Å²) in [4.78, 5) is 8.22. The highest BCUT2D eigenvalue weighted by Gasteiger charge is 2.33. The van der Waals surface area contributed by atoms with E-state index in [0.717, 1.165) is 37.8 Å². The number of hydrogen-bond acceptors (Lipinski definition) is 4. The molecule has 150 valence electrons. The topological polar surface area (TPSA) is 61.3 Å². The van der Waals surface area contributed by atoms with Crippen molar-refractivity contribution in [3.05, 3.63) is 23.9 Å². The van der Waals surface area contributed by atoms with Crippen LogP contribution in [0, 0.1) is 0 Å². The molecule has 0 saturated carbocycles. The lowest BCUT2D eigenvalue weighted by atomic mass is 10.2. The Labute approximate surface area is 174 Å². The summed E-state index contributed by atoms with van der Waals surface area (Å²) in [6.07, 6.45) is 1.13. The van der Waals surface area contributed by atoms with Crippen LogP contribution in [0.2, 0.25) is 0 Å². The molecular weight excluding hydrogens is 478 g/mol. The number of aromatic nitrogens is 1. The second kappa shape index (κ2) is 14.2. The number of pyridine rings is 1. The number of alkyl halides is 3. The van der Waals surface area contributed by atoms with Crippen molar-refractivity contribution >= 4 is 47.5 Å². The first-order chi connectivity index (χ1) is 12.0. The van der Waals surface area contributed by atoms with E-state index in [2.05, 4.69) is 32.2 Å². The standard InChI is InChI=1S/C16H26F3N5S.HI/c1-3-20-15(23-8-4-5-12-25-2)24-11-10-22-14-13(16(17,18)19)7-6-9-21-14;/h6-7,9H,3-5,8,10-12H2,1-2H3,(H,21,22)(H2,20,23,24);1H. The fraction of sp³-hybridized carbons (Fsp3) is 0.625. The smallest absolute Gasteiger partial charge is 0.368 e. The Morgan fingerprint density at radius 2 is 2.00 bits per heavy atom. The highest BCUT2D eigenvalue weighted by atomic mass is 127. The zero-order valence-corrected chi connectivity index (χ0v) is 18.2. The van der Waals surface area contributed by atoms with Gasteiger partial charge < -0.3 is 16.0 Å². The Morgan fingerprint density at radius 3 is 2.65 bits per heavy atom. The maximum absolute atomic E-state index is 12.9. The highest BCUT2D eigenvalue weighted by molar-refractivity contribution is 14.0. The molecule has 0 spiro atoms. The molecule has 0 aliphatic carbocycles. The van der Waals surface area contributed by atoms with Crippen molar-refractivity contribution in [2.24, 2.45) is 4.99 Å². The molecule has 0 aliphatic rings. The molecule has 0 fully saturated rings. The van der Waals surface area contributed by atoms with Gasteiger partial charge in [0.25, 0.3) is 0 Å². The molecule has 5 nitrogen and oxygen atoms in total. The Kier molecular flexibility index (Phi) is 13.7. The van der Waals surface area contributed by atoms with Gasteiger partial charge in [-0.2, -0.15) is 24.9 Å². The Hall–Kier alpha value is -0.910. The van der Waals surface area contributed by atoms with Gasteiger partial charge in [-0.1, -0.05) is 0 Å². The quantitative estimate of drug-likeness (QED) is 0.195. The number of nitrogens with zero attached hydrogens (tertiary/aromatic N) is 2. The zero-order chi connectivity index (χ0) is 18.5. The lowest BCUT2D eigenvalue weighted by Crippen LogP contribution is -2.39. The number of guanidine groups is 1. The maximum atomic E-state index is 12.9. The molecule has 0 aliphatic heterocycles. The monoisotopic (exact) mass is 505 g/mol. The lowest BCUT2D eigenvalue weighted by molar-refractivity contribution is -0.137. The van der Waals surface area contributed by atoms with E-state index in [1.54, 1.807) is 0 Å². The average Bonchev–Trinajstić information content (AvgIpc) is 2.58. The number of rotatable bonds is 10. The van der Waals surface area contributed by atoms with Gasteiger partial charge in [-0.05, 0) is 43.9 Å². The van der Waals surface area contributed by atoms with Crippen LogP contribution in [0.4, 0.5) is 19.0 Å². The summed E-state index contributed by atoms with van der Waals surface area (Å²) >= 11 is 1.81. The van der Waals surface area contributed by atoms with Crippen molar-refractivity contribution < 1.29 is 13.2 Å². The van der Waals surface area contributed by atoms with Crippen molar-refractivity contribution in [2.45, 2.75) is 25.9 Å². The van der Waals surface area contributed by atoms with E-state index in [1.807, 2.05) is 18.7 Å². The first-order valence-corrected chi connectivity index (χ1v) is 9.65. The van der Waals surface area contributed by atoms with Crippen LogP contribution in [0.25, 0.3) is 0 Å². The van der Waals surface area contributed by atoms with Crippen LogP contribution < -0.4 is 16.0 Å². The fourth-order valence-electron chi connectivity index (χ4n) is 2.03. The van der Waals surface area contributed by atoms with E-state index < -0.39 is 11.7 Å². The lowest BCUT2D eigenvalue weighted by Gasteiger charge is -2.14. The van der Waals surface area contributed by atoms with E-state index in [1.165, 1.54) is 12.3 Å². The normalized spacial score (nSPS) is 11.7. The molecule has 10 heteroatoms. The third-order valence-corrected chi connectivity index (χ3v) is 3.89. The molecule has 1 aromatic heterocycles. The molecule has 0 aromatic carbocycles. The summed E-state index contributed by atoms with van der Waals surface area (Å²) < 4.78 is 38.7. The van der Waals surface area contributed by atoms with E-state index >= 15 is 0 Å². The van der Waals surface area contributed by atoms with Gasteiger partial charge in [0.15, 0.2) is 5.96 Å². The molecule has 0 unspecified atom stereocenters. The van der Waals surface area contributed by atoms with Gasteiger partial charge in [-0.3, -0.25) is 4.99 Å². The van der Waals surface area contributed by atoms with Gasteiger partial charge in [-0.15, -0.1) is 24.0 Å². The minimum atomic E-state index is -4.42. The average molecular weight is 505 g/mol. The van der Waals surface area contributed by atoms with Crippen LogP contribution in [-0.4, -0.2) is 49.1 Å². The summed E-state index contributed by atoms with van der Waals surface area (Å²) in [6, 6.07) is 2.29. The SMILES string of the molecule is CCNC(=NCCCCSC)NCCNc1ncccc1C(F)(F)F.I. The van der Waals surface area contributed by atoms with Crippen LogP contribution in [0.15, 0.2) is 23.3 Å². The van der Waals surface area contributed by atoms with Crippen molar-refractivity contribution in [3.8, 4) is 0 Å². The van der Waals surface area contributed by atoms with Crippen molar-refractivity contribution in [2.75, 3.05) is 43.5 Å². The third kappa shape index (κ3) is 10.3. The second-order valence-electron chi connectivity index (χ2n) is 5.21. The van der Waals surface area contributed by atoms with Crippen LogP contribution in [0.1, 0.15) is 25.3 Å². The van der Waals surface area contributed by atoms with Gasteiger partial charge in [0.05, 0.1) is 5.56 Å². The highest BCUT2D eigenvalue weighted by Crippen LogP contribution is 2.33. The van der Waals surface area contributed by atoms with Crippen LogP contribution >= 0.6 is 35.7 Å². The number of halogens is 4. The summed E-state index contributed by atoms with van der Waals surface area (Å²) in [7, 11) is 0. The zero-order valence-electron chi connectivity index (χ0n) is 15.0. The maximum Gasteiger partial charge on any atom is 0.419 e.